The highest BCUT2D eigenvalue weighted by Crippen LogP contribution is 2.17. The van der Waals surface area contributed by atoms with E-state index in [1.807, 2.05) is 24.3 Å². The van der Waals surface area contributed by atoms with Crippen molar-refractivity contribution in [1.82, 2.24) is 0 Å². The zero-order valence-corrected chi connectivity index (χ0v) is 12.4. The van der Waals surface area contributed by atoms with Crippen molar-refractivity contribution in [3.63, 3.8) is 0 Å². The van der Waals surface area contributed by atoms with Gasteiger partial charge in [-0.05, 0) is 42.0 Å². The first-order valence-corrected chi connectivity index (χ1v) is 6.92. The van der Waals surface area contributed by atoms with Gasteiger partial charge in [-0.25, -0.2) is 0 Å². The van der Waals surface area contributed by atoms with Gasteiger partial charge in [-0.1, -0.05) is 28.1 Å². The third-order valence-corrected chi connectivity index (χ3v) is 3.11. The Bertz CT molecular complexity index is 585. The van der Waals surface area contributed by atoms with Crippen molar-refractivity contribution in [3.8, 4) is 5.75 Å². The lowest BCUT2D eigenvalue weighted by atomic mass is 10.2. The third-order valence-electron chi connectivity index (χ3n) is 2.62. The molecule has 20 heavy (non-hydrogen) atoms. The quantitative estimate of drug-likeness (QED) is 0.853. The van der Waals surface area contributed by atoms with Gasteiger partial charge in [-0.2, -0.15) is 0 Å². The molecule has 0 aliphatic heterocycles. The lowest BCUT2D eigenvalue weighted by Gasteiger charge is -2.08. The van der Waals surface area contributed by atoms with Crippen LogP contribution in [-0.2, 0) is 11.3 Å². The van der Waals surface area contributed by atoms with Crippen molar-refractivity contribution in [2.75, 3.05) is 11.9 Å². The topological polar surface area (TPSA) is 64.4 Å². The number of amides is 1. The molecule has 0 spiro atoms. The fourth-order valence-electron chi connectivity index (χ4n) is 1.67. The van der Waals surface area contributed by atoms with Crippen molar-refractivity contribution in [1.29, 1.82) is 0 Å². The second-order valence-corrected chi connectivity index (χ2v) is 5.18. The Kier molecular flexibility index (Phi) is 5.01. The van der Waals surface area contributed by atoms with E-state index in [4.69, 9.17) is 10.5 Å². The molecule has 2 aromatic carbocycles. The molecule has 0 radical (unpaired) electrons. The Hall–Kier alpha value is -2.01. The van der Waals surface area contributed by atoms with Gasteiger partial charge in [0, 0.05) is 16.7 Å². The van der Waals surface area contributed by atoms with Crippen LogP contribution in [0.4, 0.5) is 5.69 Å². The Labute approximate surface area is 126 Å². The van der Waals surface area contributed by atoms with Gasteiger partial charge in [0.1, 0.15) is 5.75 Å². The van der Waals surface area contributed by atoms with Crippen molar-refractivity contribution in [3.05, 3.63) is 58.6 Å². The van der Waals surface area contributed by atoms with E-state index < -0.39 is 5.91 Å². The van der Waals surface area contributed by atoms with E-state index in [0.717, 1.165) is 16.7 Å². The molecule has 1 amide bonds. The molecule has 0 fully saturated rings. The molecule has 0 heterocycles. The number of anilines is 1. The molecule has 0 aliphatic rings. The van der Waals surface area contributed by atoms with E-state index >= 15 is 0 Å². The van der Waals surface area contributed by atoms with Crippen LogP contribution in [0.25, 0.3) is 0 Å². The van der Waals surface area contributed by atoms with Crippen molar-refractivity contribution in [2.24, 2.45) is 5.73 Å². The maximum atomic E-state index is 10.6. The van der Waals surface area contributed by atoms with E-state index in [9.17, 15) is 4.79 Å². The molecule has 0 aromatic heterocycles. The first kappa shape index (κ1) is 14.4. The Morgan fingerprint density at radius 2 is 1.95 bits per heavy atom. The minimum atomic E-state index is -0.484. The number of carbonyl (C=O) groups is 1. The highest BCUT2D eigenvalue weighted by Gasteiger charge is 1.99. The molecule has 104 valence electrons. The molecule has 0 atom stereocenters. The van der Waals surface area contributed by atoms with Gasteiger partial charge < -0.3 is 15.8 Å². The second kappa shape index (κ2) is 6.96. The average molecular weight is 335 g/mol. The van der Waals surface area contributed by atoms with Crippen LogP contribution in [0.2, 0.25) is 0 Å². The summed E-state index contributed by atoms with van der Waals surface area (Å²) in [4.78, 5) is 10.6. The lowest BCUT2D eigenvalue weighted by molar-refractivity contribution is -0.119. The summed E-state index contributed by atoms with van der Waals surface area (Å²) < 4.78 is 6.25. The van der Waals surface area contributed by atoms with Crippen molar-refractivity contribution >= 4 is 27.5 Å². The fraction of sp³-hybridized carbons (Fsp3) is 0.133. The Balaban J connectivity index is 1.89. The number of rotatable bonds is 6. The molecule has 0 saturated carbocycles. The average Bonchev–Trinajstić information content (AvgIpc) is 2.44. The summed E-state index contributed by atoms with van der Waals surface area (Å²) in [7, 11) is 0. The molecular weight excluding hydrogens is 320 g/mol. The van der Waals surface area contributed by atoms with Crippen LogP contribution in [0.3, 0.4) is 0 Å². The first-order valence-electron chi connectivity index (χ1n) is 6.13. The number of hydrogen-bond donors (Lipinski definition) is 2. The molecular formula is C15H15BrN2O2. The van der Waals surface area contributed by atoms with Gasteiger partial charge in [0.25, 0.3) is 5.91 Å². The lowest BCUT2D eigenvalue weighted by Crippen LogP contribution is -2.19. The summed E-state index contributed by atoms with van der Waals surface area (Å²) in [6.07, 6.45) is 0. The van der Waals surface area contributed by atoms with Gasteiger partial charge in [-0.15, -0.1) is 0 Å². The minimum absolute atomic E-state index is 0.106. The predicted octanol–water partition coefficient (Wildman–Crippen LogP) is 2.93. The van der Waals surface area contributed by atoms with Gasteiger partial charge in [0.05, 0.1) is 0 Å². The zero-order chi connectivity index (χ0) is 14.4. The van der Waals surface area contributed by atoms with Crippen LogP contribution >= 0.6 is 15.9 Å². The molecule has 0 bridgehead atoms. The van der Waals surface area contributed by atoms with E-state index in [0.29, 0.717) is 5.75 Å². The summed E-state index contributed by atoms with van der Waals surface area (Å²) in [5, 5.41) is 3.31. The largest absolute Gasteiger partial charge is 0.484 e. The monoisotopic (exact) mass is 334 g/mol. The molecule has 5 heteroatoms. The summed E-state index contributed by atoms with van der Waals surface area (Å²) in [6, 6.07) is 15.5. The number of ether oxygens (including phenoxy) is 1. The maximum Gasteiger partial charge on any atom is 0.255 e. The van der Waals surface area contributed by atoms with Crippen LogP contribution in [-0.4, -0.2) is 12.5 Å². The van der Waals surface area contributed by atoms with E-state index in [2.05, 4.69) is 33.4 Å². The summed E-state index contributed by atoms with van der Waals surface area (Å²) in [6.45, 7) is 0.631. The second-order valence-electron chi connectivity index (χ2n) is 4.26. The predicted molar refractivity (Wildman–Crippen MR) is 82.6 cm³/mol. The summed E-state index contributed by atoms with van der Waals surface area (Å²) in [5.74, 6) is 0.138. The smallest absolute Gasteiger partial charge is 0.255 e. The maximum absolute atomic E-state index is 10.6. The Morgan fingerprint density at radius 1 is 1.20 bits per heavy atom. The van der Waals surface area contributed by atoms with Crippen molar-refractivity contribution in [2.45, 2.75) is 6.54 Å². The first-order chi connectivity index (χ1) is 9.63. The van der Waals surface area contributed by atoms with Gasteiger partial charge in [-0.3, -0.25) is 4.79 Å². The summed E-state index contributed by atoms with van der Waals surface area (Å²) in [5.41, 5.74) is 7.19. The summed E-state index contributed by atoms with van der Waals surface area (Å²) >= 11 is 3.44. The SMILES string of the molecule is NC(=O)COc1ccc(NCc2cccc(Br)c2)cc1. The molecule has 3 N–H and O–H groups in total. The fourth-order valence-corrected chi connectivity index (χ4v) is 2.12. The minimum Gasteiger partial charge on any atom is -0.484 e. The number of nitrogens with two attached hydrogens (primary N) is 1. The molecule has 0 saturated heterocycles. The van der Waals surface area contributed by atoms with E-state index in [1.165, 1.54) is 5.56 Å². The number of primary amides is 1. The van der Waals surface area contributed by atoms with E-state index in [1.54, 1.807) is 12.1 Å². The highest BCUT2D eigenvalue weighted by atomic mass is 79.9. The van der Waals surface area contributed by atoms with Crippen LogP contribution in [0, 0.1) is 0 Å². The van der Waals surface area contributed by atoms with Crippen LogP contribution in [0.15, 0.2) is 53.0 Å². The number of benzene rings is 2. The van der Waals surface area contributed by atoms with Crippen LogP contribution in [0.1, 0.15) is 5.56 Å². The van der Waals surface area contributed by atoms with Gasteiger partial charge in [0.15, 0.2) is 6.61 Å². The third kappa shape index (κ3) is 4.59. The van der Waals surface area contributed by atoms with Gasteiger partial charge in [0.2, 0.25) is 0 Å². The molecule has 4 nitrogen and oxygen atoms in total. The Morgan fingerprint density at radius 3 is 2.60 bits per heavy atom. The number of nitrogens with one attached hydrogen (secondary N) is 1. The number of carbonyl (C=O) groups excluding carboxylic acids is 1. The normalized spacial score (nSPS) is 10.1. The molecule has 2 rings (SSSR count). The molecule has 2 aromatic rings. The van der Waals surface area contributed by atoms with E-state index in [-0.39, 0.29) is 6.61 Å². The standard InChI is InChI=1S/C15H15BrN2O2/c16-12-3-1-2-11(8-12)9-18-13-4-6-14(7-5-13)20-10-15(17)19/h1-8,18H,9-10H2,(H2,17,19). The van der Waals surface area contributed by atoms with Crippen molar-refractivity contribution < 1.29 is 9.53 Å². The van der Waals surface area contributed by atoms with Gasteiger partial charge >= 0.3 is 0 Å². The number of halogens is 1. The zero-order valence-electron chi connectivity index (χ0n) is 10.8. The highest BCUT2D eigenvalue weighted by molar-refractivity contribution is 9.10. The van der Waals surface area contributed by atoms with Crippen LogP contribution < -0.4 is 15.8 Å². The molecule has 0 aliphatic carbocycles. The van der Waals surface area contributed by atoms with Crippen LogP contribution in [0.5, 0.6) is 5.75 Å². The molecule has 0 unspecified atom stereocenters. The number of hydrogen-bond acceptors (Lipinski definition) is 3.